The molecule has 0 radical (unpaired) electrons. The van der Waals surface area contributed by atoms with Crippen LogP contribution in [0.2, 0.25) is 0 Å². The zero-order valence-electron chi connectivity index (χ0n) is 16.3. The molecule has 5 heteroatoms. The molecule has 0 saturated carbocycles. The van der Waals surface area contributed by atoms with Crippen molar-refractivity contribution in [3.63, 3.8) is 0 Å². The van der Waals surface area contributed by atoms with Crippen molar-refractivity contribution >= 4 is 6.16 Å². The Morgan fingerprint density at radius 3 is 1.42 bits per heavy atom. The van der Waals surface area contributed by atoms with Gasteiger partial charge in [0.25, 0.3) is 5.85 Å². The maximum Gasteiger partial charge on any atom is 0.511 e. The molecule has 1 rings (SSSR count). The summed E-state index contributed by atoms with van der Waals surface area (Å²) in [6, 6.07) is 0. The number of carbonyl (C=O) groups is 1. The van der Waals surface area contributed by atoms with E-state index in [2.05, 4.69) is 37.5 Å². The smallest absolute Gasteiger partial charge is 0.427 e. The van der Waals surface area contributed by atoms with Crippen LogP contribution in [0.25, 0.3) is 0 Å². The summed E-state index contributed by atoms with van der Waals surface area (Å²) in [4.78, 5) is 16.6. The van der Waals surface area contributed by atoms with Crippen molar-refractivity contribution in [1.29, 1.82) is 0 Å². The lowest BCUT2D eigenvalue weighted by atomic mass is 10.1. The molecule has 1 heterocycles. The first-order valence-corrected chi connectivity index (χ1v) is 10.00. The van der Waals surface area contributed by atoms with Crippen LogP contribution in [0.4, 0.5) is 4.79 Å². The summed E-state index contributed by atoms with van der Waals surface area (Å²) in [5.74, 6) is -0.703. The van der Waals surface area contributed by atoms with Gasteiger partial charge in [-0.15, -0.1) is 0 Å². The van der Waals surface area contributed by atoms with Gasteiger partial charge in [-0.05, 0) is 25.7 Å². The standard InChI is InChI=1S/C19H38N2O3/c1-5-9-13-20(14-10-6-2)19(17-23-18(22)24-19)21(15-11-7-3)16-12-8-4/h5-17H2,1-4H3. The van der Waals surface area contributed by atoms with Gasteiger partial charge < -0.3 is 9.47 Å². The van der Waals surface area contributed by atoms with E-state index >= 15 is 0 Å². The van der Waals surface area contributed by atoms with Crippen LogP contribution < -0.4 is 0 Å². The molecule has 0 unspecified atom stereocenters. The Labute approximate surface area is 148 Å². The van der Waals surface area contributed by atoms with Crippen LogP contribution in [0.15, 0.2) is 0 Å². The van der Waals surface area contributed by atoms with Gasteiger partial charge >= 0.3 is 6.16 Å². The average Bonchev–Trinajstić information content (AvgIpc) is 2.98. The second-order valence-electron chi connectivity index (χ2n) is 6.77. The van der Waals surface area contributed by atoms with Crippen LogP contribution in [0.1, 0.15) is 79.1 Å². The lowest BCUT2D eigenvalue weighted by Gasteiger charge is -2.45. The van der Waals surface area contributed by atoms with Crippen LogP contribution in [0.3, 0.4) is 0 Å². The highest BCUT2D eigenvalue weighted by Crippen LogP contribution is 2.31. The van der Waals surface area contributed by atoms with E-state index in [1.165, 1.54) is 0 Å². The fourth-order valence-electron chi connectivity index (χ4n) is 3.18. The number of ether oxygens (including phenoxy) is 2. The number of hydrogen-bond acceptors (Lipinski definition) is 5. The first kappa shape index (κ1) is 21.2. The third-order valence-electron chi connectivity index (χ3n) is 4.74. The second kappa shape index (κ2) is 11.7. The molecule has 1 aliphatic heterocycles. The van der Waals surface area contributed by atoms with Gasteiger partial charge in [-0.25, -0.2) is 14.6 Å². The molecular weight excluding hydrogens is 304 g/mol. The van der Waals surface area contributed by atoms with Gasteiger partial charge in [0.05, 0.1) is 0 Å². The highest BCUT2D eigenvalue weighted by molar-refractivity contribution is 5.62. The minimum Gasteiger partial charge on any atom is -0.427 e. The van der Waals surface area contributed by atoms with Gasteiger partial charge in [0.15, 0.2) is 6.61 Å². The summed E-state index contributed by atoms with van der Waals surface area (Å²) < 4.78 is 11.2. The molecule has 0 amide bonds. The fraction of sp³-hybridized carbons (Fsp3) is 0.947. The Kier molecular flexibility index (Phi) is 10.3. The SMILES string of the molecule is CCCCN(CCCC)C1(N(CCCC)CCCC)COC(=O)O1. The van der Waals surface area contributed by atoms with Gasteiger partial charge in [-0.1, -0.05) is 53.4 Å². The summed E-state index contributed by atoms with van der Waals surface area (Å²) in [5.41, 5.74) is 0. The minimum absolute atomic E-state index is 0.326. The Morgan fingerprint density at radius 2 is 1.17 bits per heavy atom. The average molecular weight is 343 g/mol. The molecule has 0 aromatic rings. The monoisotopic (exact) mass is 342 g/mol. The largest absolute Gasteiger partial charge is 0.511 e. The maximum absolute atomic E-state index is 11.9. The zero-order chi connectivity index (χ0) is 17.8. The van der Waals surface area contributed by atoms with E-state index in [0.717, 1.165) is 77.5 Å². The number of hydrogen-bond donors (Lipinski definition) is 0. The highest BCUT2D eigenvalue weighted by atomic mass is 16.8. The quantitative estimate of drug-likeness (QED) is 0.340. The van der Waals surface area contributed by atoms with Gasteiger partial charge in [-0.3, -0.25) is 0 Å². The third-order valence-corrected chi connectivity index (χ3v) is 4.74. The molecule has 0 spiro atoms. The van der Waals surface area contributed by atoms with E-state index < -0.39 is 12.0 Å². The third kappa shape index (κ3) is 5.92. The predicted molar refractivity (Wildman–Crippen MR) is 97.9 cm³/mol. The van der Waals surface area contributed by atoms with Crippen LogP contribution in [-0.4, -0.2) is 54.6 Å². The lowest BCUT2D eigenvalue weighted by molar-refractivity contribution is -0.195. The Balaban J connectivity index is 3.02. The van der Waals surface area contributed by atoms with Crippen molar-refractivity contribution in [1.82, 2.24) is 9.80 Å². The molecular formula is C19H38N2O3. The number of unbranched alkanes of at least 4 members (excludes halogenated alkanes) is 4. The molecule has 5 nitrogen and oxygen atoms in total. The molecule has 0 aromatic heterocycles. The molecule has 142 valence electrons. The van der Waals surface area contributed by atoms with Crippen molar-refractivity contribution in [3.8, 4) is 0 Å². The summed E-state index contributed by atoms with van der Waals surface area (Å²) in [7, 11) is 0. The van der Waals surface area contributed by atoms with E-state index in [9.17, 15) is 4.79 Å². The van der Waals surface area contributed by atoms with Crippen LogP contribution in [0.5, 0.6) is 0 Å². The fourth-order valence-corrected chi connectivity index (χ4v) is 3.18. The Bertz CT molecular complexity index is 314. The molecule has 24 heavy (non-hydrogen) atoms. The van der Waals surface area contributed by atoms with Crippen molar-refractivity contribution in [2.24, 2.45) is 0 Å². The van der Waals surface area contributed by atoms with Crippen LogP contribution >= 0.6 is 0 Å². The van der Waals surface area contributed by atoms with Gasteiger partial charge in [0.2, 0.25) is 0 Å². The Morgan fingerprint density at radius 1 is 0.792 bits per heavy atom. The topological polar surface area (TPSA) is 42.0 Å². The summed E-state index contributed by atoms with van der Waals surface area (Å²) in [6.07, 6.45) is 8.46. The summed E-state index contributed by atoms with van der Waals surface area (Å²) in [5, 5.41) is 0. The second-order valence-corrected chi connectivity index (χ2v) is 6.77. The van der Waals surface area contributed by atoms with E-state index in [0.29, 0.717) is 6.61 Å². The van der Waals surface area contributed by atoms with Gasteiger partial charge in [0.1, 0.15) is 0 Å². The van der Waals surface area contributed by atoms with Crippen molar-refractivity contribution in [2.75, 3.05) is 32.8 Å². The van der Waals surface area contributed by atoms with Gasteiger partial charge in [0, 0.05) is 26.2 Å². The Hall–Kier alpha value is -0.810. The number of cyclic esters (lactones) is 2. The number of rotatable bonds is 14. The molecule has 0 N–H and O–H groups in total. The molecule has 1 saturated heterocycles. The predicted octanol–water partition coefficient (Wildman–Crippen LogP) is 4.61. The van der Waals surface area contributed by atoms with E-state index in [-0.39, 0.29) is 0 Å². The molecule has 0 aliphatic carbocycles. The summed E-state index contributed by atoms with van der Waals surface area (Å²) >= 11 is 0. The van der Waals surface area contributed by atoms with Crippen molar-refractivity contribution < 1.29 is 14.3 Å². The van der Waals surface area contributed by atoms with Crippen LogP contribution in [0, 0.1) is 0 Å². The number of carbonyl (C=O) groups excluding carboxylic acids is 1. The normalized spacial score (nSPS) is 16.7. The first-order valence-electron chi connectivity index (χ1n) is 10.00. The van der Waals surface area contributed by atoms with Crippen molar-refractivity contribution in [3.05, 3.63) is 0 Å². The minimum atomic E-state index is -0.703. The first-order chi connectivity index (χ1) is 11.6. The molecule has 1 aliphatic rings. The van der Waals surface area contributed by atoms with Crippen LogP contribution in [-0.2, 0) is 9.47 Å². The molecule has 0 aromatic carbocycles. The molecule has 1 fully saturated rings. The van der Waals surface area contributed by atoms with Crippen molar-refractivity contribution in [2.45, 2.75) is 84.9 Å². The number of nitrogens with zero attached hydrogens (tertiary/aromatic N) is 2. The van der Waals surface area contributed by atoms with E-state index in [1.54, 1.807) is 0 Å². The maximum atomic E-state index is 11.9. The highest BCUT2D eigenvalue weighted by Gasteiger charge is 2.51. The lowest BCUT2D eigenvalue weighted by Crippen LogP contribution is -2.63. The zero-order valence-corrected chi connectivity index (χ0v) is 16.3. The molecule has 0 bridgehead atoms. The van der Waals surface area contributed by atoms with Gasteiger partial charge in [-0.2, -0.15) is 0 Å². The van der Waals surface area contributed by atoms with E-state index in [4.69, 9.17) is 9.47 Å². The summed E-state index contributed by atoms with van der Waals surface area (Å²) in [6.45, 7) is 12.9. The van der Waals surface area contributed by atoms with E-state index in [1.807, 2.05) is 0 Å². The molecule has 0 atom stereocenters.